The van der Waals surface area contributed by atoms with Gasteiger partial charge in [0.05, 0.1) is 19.8 Å². The molecule has 0 aromatic carbocycles. The number of hydrogen-bond acceptors (Lipinski definition) is 11. The van der Waals surface area contributed by atoms with Gasteiger partial charge in [0.15, 0.2) is 6.29 Å². The van der Waals surface area contributed by atoms with E-state index in [0.29, 0.717) is 13.0 Å². The topological polar surface area (TPSA) is 178 Å². The van der Waals surface area contributed by atoms with Gasteiger partial charge in [-0.1, -0.05) is 194 Å². The van der Waals surface area contributed by atoms with E-state index in [1.165, 1.54) is 70.6 Å². The van der Waals surface area contributed by atoms with Crippen molar-refractivity contribution < 1.29 is 56.2 Å². The molecule has 412 valence electrons. The molecule has 6 unspecified atom stereocenters. The molecule has 0 amide bonds. The molecule has 0 bridgehead atoms. The van der Waals surface area contributed by atoms with Gasteiger partial charge in [0.2, 0.25) is 0 Å². The van der Waals surface area contributed by atoms with E-state index >= 15 is 0 Å². The van der Waals surface area contributed by atoms with Gasteiger partial charge in [-0.3, -0.25) is 9.35 Å². The molecule has 1 aliphatic heterocycles. The zero-order valence-corrected chi connectivity index (χ0v) is 45.3. The molecule has 1 aliphatic rings. The number of rotatable bonds is 47. The van der Waals surface area contributed by atoms with E-state index in [-0.39, 0.29) is 19.6 Å². The summed E-state index contributed by atoms with van der Waals surface area (Å²) in [6.07, 6.45) is 59.8. The third kappa shape index (κ3) is 41.1. The molecule has 0 spiro atoms. The Morgan fingerprint density at radius 1 is 0.542 bits per heavy atom. The van der Waals surface area contributed by atoms with E-state index in [9.17, 15) is 33.1 Å². The van der Waals surface area contributed by atoms with E-state index < -0.39 is 59.8 Å². The van der Waals surface area contributed by atoms with Crippen LogP contribution in [0.3, 0.4) is 0 Å². The van der Waals surface area contributed by atoms with Crippen LogP contribution in [0.2, 0.25) is 0 Å². The predicted molar refractivity (Wildman–Crippen MR) is 294 cm³/mol. The second kappa shape index (κ2) is 48.7. The molecule has 0 radical (unpaired) electrons. The van der Waals surface area contributed by atoms with Crippen molar-refractivity contribution in [3.8, 4) is 0 Å². The SMILES string of the molecule is CC/C=C\C/C=C\C/C=C\C/C=C\C/C=C\C/C=C\C/C=C\CCCCOCC(COC1OC(CO)C(O)C(OS(=O)(=O)O)C1O)OC(=O)CCCCCCCCCCC/C=C\C/C=C\CCCCCCC. The number of esters is 1. The summed E-state index contributed by atoms with van der Waals surface area (Å²) in [6, 6.07) is 0. The van der Waals surface area contributed by atoms with Crippen molar-refractivity contribution in [1.82, 2.24) is 0 Å². The van der Waals surface area contributed by atoms with Crippen LogP contribution in [0.1, 0.15) is 194 Å². The largest absolute Gasteiger partial charge is 0.457 e. The number of aliphatic hydroxyl groups is 3. The van der Waals surface area contributed by atoms with Gasteiger partial charge in [-0.25, -0.2) is 4.18 Å². The standard InChI is InChI=1S/C59H98O12S/c1-3-5-7-9-11-13-15-17-19-21-23-25-26-27-29-31-33-35-37-39-41-43-45-47-49-67-51-53(52-68-59-57(63)58(71-72(64,65)66)56(62)54(50-60)70-59)69-55(61)48-46-44-42-40-38-36-34-32-30-28-24-22-20-18-16-14-12-10-8-6-4-2/h5,7,11,13,16-19,22-25,27,29,33,35,39,41,53-54,56-60,62-63H,3-4,6,8-10,12,14-15,20-21,26,28,30-32,34,36-38,40,42-52H2,1-2H3,(H,64,65,66)/b7-5-,13-11-,18-16-,19-17-,24-22-,25-23-,29-27-,35-33-,41-39-. The quantitative estimate of drug-likeness (QED) is 0.0197. The monoisotopic (exact) mass is 1030 g/mol. The van der Waals surface area contributed by atoms with Crippen LogP contribution in [-0.2, 0) is 38.3 Å². The summed E-state index contributed by atoms with van der Waals surface area (Å²) in [5.41, 5.74) is 0. The maximum Gasteiger partial charge on any atom is 0.397 e. The number of allylic oxidation sites excluding steroid dienone is 18. The fourth-order valence-corrected chi connectivity index (χ4v) is 8.25. The van der Waals surface area contributed by atoms with E-state index in [2.05, 4.69) is 127 Å². The summed E-state index contributed by atoms with van der Waals surface area (Å²) in [5, 5.41) is 30.8. The molecule has 1 heterocycles. The molecule has 72 heavy (non-hydrogen) atoms. The second-order valence-corrected chi connectivity index (χ2v) is 19.5. The van der Waals surface area contributed by atoms with Gasteiger partial charge in [0.25, 0.3) is 0 Å². The molecular weight excluding hydrogens is 933 g/mol. The first-order valence-electron chi connectivity index (χ1n) is 27.6. The average Bonchev–Trinajstić information content (AvgIpc) is 3.36. The minimum absolute atomic E-state index is 0.00296. The van der Waals surface area contributed by atoms with E-state index in [4.69, 9.17) is 18.9 Å². The highest BCUT2D eigenvalue weighted by molar-refractivity contribution is 7.80. The van der Waals surface area contributed by atoms with Gasteiger partial charge >= 0.3 is 16.4 Å². The first kappa shape index (κ1) is 66.8. The van der Waals surface area contributed by atoms with Gasteiger partial charge in [-0.2, -0.15) is 8.42 Å². The first-order chi connectivity index (χ1) is 35.1. The van der Waals surface area contributed by atoms with E-state index in [1.807, 2.05) is 0 Å². The smallest absolute Gasteiger partial charge is 0.397 e. The number of unbranched alkanes of at least 4 members (excludes halogenated alkanes) is 16. The molecule has 12 nitrogen and oxygen atoms in total. The van der Waals surface area contributed by atoms with Crippen LogP contribution in [-0.4, -0.2) is 97.5 Å². The summed E-state index contributed by atoms with van der Waals surface area (Å²) in [6.45, 7) is 3.75. The van der Waals surface area contributed by atoms with Crippen molar-refractivity contribution in [1.29, 1.82) is 0 Å². The van der Waals surface area contributed by atoms with Gasteiger partial charge in [-0.05, 0) is 103 Å². The maximum absolute atomic E-state index is 12.9. The molecule has 0 aromatic rings. The number of ether oxygens (including phenoxy) is 4. The minimum Gasteiger partial charge on any atom is -0.457 e. The van der Waals surface area contributed by atoms with E-state index in [1.54, 1.807) is 0 Å². The van der Waals surface area contributed by atoms with Crippen LogP contribution in [0.15, 0.2) is 109 Å². The zero-order chi connectivity index (χ0) is 52.4. The highest BCUT2D eigenvalue weighted by Gasteiger charge is 2.48. The van der Waals surface area contributed by atoms with Gasteiger partial charge in [0, 0.05) is 13.0 Å². The predicted octanol–water partition coefficient (Wildman–Crippen LogP) is 13.5. The fraction of sp³-hybridized carbons (Fsp3) is 0.678. The van der Waals surface area contributed by atoms with Crippen LogP contribution in [0.25, 0.3) is 0 Å². The fourth-order valence-electron chi connectivity index (χ4n) is 7.74. The molecule has 1 rings (SSSR count). The summed E-state index contributed by atoms with van der Waals surface area (Å²) in [4.78, 5) is 12.9. The molecule has 1 fully saturated rings. The first-order valence-corrected chi connectivity index (χ1v) is 29.0. The van der Waals surface area contributed by atoms with Gasteiger partial charge in [-0.15, -0.1) is 0 Å². The van der Waals surface area contributed by atoms with Gasteiger partial charge < -0.3 is 34.3 Å². The Balaban J connectivity index is 2.39. The lowest BCUT2D eigenvalue weighted by Gasteiger charge is -2.41. The van der Waals surface area contributed by atoms with Crippen molar-refractivity contribution in [2.24, 2.45) is 0 Å². The lowest BCUT2D eigenvalue weighted by molar-refractivity contribution is -0.301. The Hall–Kier alpha value is -3.24. The second-order valence-electron chi connectivity index (χ2n) is 18.4. The normalized spacial score (nSPS) is 19.8. The van der Waals surface area contributed by atoms with Gasteiger partial charge in [0.1, 0.15) is 30.5 Å². The number of carbonyl (C=O) groups is 1. The minimum atomic E-state index is -5.08. The summed E-state index contributed by atoms with van der Waals surface area (Å²) < 4.78 is 59.3. The van der Waals surface area contributed by atoms with Crippen molar-refractivity contribution in [3.63, 3.8) is 0 Å². The van der Waals surface area contributed by atoms with Crippen LogP contribution in [0.4, 0.5) is 0 Å². The van der Waals surface area contributed by atoms with Crippen LogP contribution in [0, 0.1) is 0 Å². The number of carbonyl (C=O) groups excluding carboxylic acids is 1. The molecule has 4 N–H and O–H groups in total. The number of hydrogen-bond donors (Lipinski definition) is 4. The number of aliphatic hydroxyl groups excluding tert-OH is 3. The molecule has 0 aliphatic carbocycles. The third-order valence-corrected chi connectivity index (χ3v) is 12.3. The Bertz CT molecular complexity index is 1660. The van der Waals surface area contributed by atoms with Crippen molar-refractivity contribution >= 4 is 16.4 Å². The maximum atomic E-state index is 12.9. The molecule has 0 saturated carbocycles. The lowest BCUT2D eigenvalue weighted by atomic mass is 9.99. The lowest BCUT2D eigenvalue weighted by Crippen LogP contribution is -2.60. The van der Waals surface area contributed by atoms with Crippen LogP contribution in [0.5, 0.6) is 0 Å². The van der Waals surface area contributed by atoms with Crippen LogP contribution < -0.4 is 0 Å². The summed E-state index contributed by atoms with van der Waals surface area (Å²) >= 11 is 0. The Morgan fingerprint density at radius 2 is 0.958 bits per heavy atom. The summed E-state index contributed by atoms with van der Waals surface area (Å²) in [7, 11) is -5.08. The Morgan fingerprint density at radius 3 is 1.40 bits per heavy atom. The average molecular weight is 1030 g/mol. The molecule has 13 heteroatoms. The zero-order valence-electron chi connectivity index (χ0n) is 44.4. The van der Waals surface area contributed by atoms with Crippen molar-refractivity contribution in [2.75, 3.05) is 26.4 Å². The Kier molecular flexibility index (Phi) is 45.2. The van der Waals surface area contributed by atoms with Crippen molar-refractivity contribution in [3.05, 3.63) is 109 Å². The molecule has 1 saturated heterocycles. The highest BCUT2D eigenvalue weighted by atomic mass is 32.3. The highest BCUT2D eigenvalue weighted by Crippen LogP contribution is 2.26. The van der Waals surface area contributed by atoms with Crippen LogP contribution >= 0.6 is 0 Å². The third-order valence-electron chi connectivity index (χ3n) is 11.9. The van der Waals surface area contributed by atoms with Crippen molar-refractivity contribution in [2.45, 2.75) is 230 Å². The molecule has 0 aromatic heterocycles. The molecular formula is C59H98O12S. The summed E-state index contributed by atoms with van der Waals surface area (Å²) in [5.74, 6) is -0.423. The molecule has 6 atom stereocenters. The Labute approximate surface area is 437 Å². The van der Waals surface area contributed by atoms with E-state index in [0.717, 1.165) is 96.3 Å².